The van der Waals surface area contributed by atoms with Crippen LogP contribution in [0.3, 0.4) is 0 Å². The van der Waals surface area contributed by atoms with E-state index in [2.05, 4.69) is 58.3 Å². The number of ether oxygens (including phenoxy) is 1. The number of hydrogen-bond donors (Lipinski definition) is 2. The zero-order valence-corrected chi connectivity index (χ0v) is 15.7. The van der Waals surface area contributed by atoms with Crippen LogP contribution in [-0.2, 0) is 6.54 Å². The predicted molar refractivity (Wildman–Crippen MR) is 101 cm³/mol. The van der Waals surface area contributed by atoms with Crippen molar-refractivity contribution in [2.75, 3.05) is 7.11 Å². The summed E-state index contributed by atoms with van der Waals surface area (Å²) in [6, 6.07) is 14.4. The largest absolute Gasteiger partial charge is 0.496 e. The number of H-pyrrole nitrogens is 1. The van der Waals surface area contributed by atoms with Gasteiger partial charge in [0.2, 0.25) is 0 Å². The van der Waals surface area contributed by atoms with Crippen LogP contribution < -0.4 is 10.1 Å². The first-order chi connectivity index (χ1) is 11.6. The van der Waals surface area contributed by atoms with Gasteiger partial charge in [0.15, 0.2) is 0 Å². The molecule has 0 radical (unpaired) electrons. The number of benzene rings is 2. The van der Waals surface area contributed by atoms with Crippen LogP contribution in [0.4, 0.5) is 0 Å². The normalized spacial score (nSPS) is 12.7. The monoisotopic (exact) mass is 387 g/mol. The number of rotatable bonds is 6. The maximum absolute atomic E-state index is 5.28. The van der Waals surface area contributed by atoms with Crippen molar-refractivity contribution < 1.29 is 4.74 Å². The molecule has 0 saturated heterocycles. The van der Waals surface area contributed by atoms with E-state index >= 15 is 0 Å². The van der Waals surface area contributed by atoms with E-state index in [1.807, 2.05) is 24.3 Å². The second kappa shape index (κ2) is 7.36. The molecular formula is C19H22BrN3O. The van der Waals surface area contributed by atoms with E-state index in [4.69, 9.17) is 9.72 Å². The van der Waals surface area contributed by atoms with Gasteiger partial charge in [-0.05, 0) is 51.7 Å². The van der Waals surface area contributed by atoms with Gasteiger partial charge >= 0.3 is 0 Å². The summed E-state index contributed by atoms with van der Waals surface area (Å²) in [4.78, 5) is 8.18. The number of nitrogens with one attached hydrogen (secondary N) is 2. The molecule has 0 saturated carbocycles. The van der Waals surface area contributed by atoms with Gasteiger partial charge in [-0.2, -0.15) is 0 Å². The second-order valence-corrected chi connectivity index (χ2v) is 7.07. The molecule has 1 atom stereocenters. The average molecular weight is 388 g/mol. The van der Waals surface area contributed by atoms with Crippen molar-refractivity contribution >= 4 is 27.0 Å². The minimum absolute atomic E-state index is 0.165. The van der Waals surface area contributed by atoms with Crippen LogP contribution in [0.15, 0.2) is 46.9 Å². The fourth-order valence-electron chi connectivity index (χ4n) is 2.82. The summed E-state index contributed by atoms with van der Waals surface area (Å²) in [6.07, 6.45) is 0. The molecule has 1 heterocycles. The van der Waals surface area contributed by atoms with E-state index < -0.39 is 0 Å². The molecule has 0 unspecified atom stereocenters. The van der Waals surface area contributed by atoms with Crippen molar-refractivity contribution in [1.29, 1.82) is 0 Å². The van der Waals surface area contributed by atoms with Crippen LogP contribution in [0.1, 0.15) is 31.3 Å². The molecule has 3 aromatic rings. The van der Waals surface area contributed by atoms with E-state index in [9.17, 15) is 0 Å². The van der Waals surface area contributed by atoms with Gasteiger partial charge in [0.1, 0.15) is 11.6 Å². The van der Waals surface area contributed by atoms with Gasteiger partial charge in [0.25, 0.3) is 0 Å². The Hall–Kier alpha value is -1.85. The number of aromatic nitrogens is 2. The Labute approximate surface area is 150 Å². The molecule has 0 aliphatic carbocycles. The fourth-order valence-corrected chi connectivity index (χ4v) is 3.40. The van der Waals surface area contributed by atoms with Crippen LogP contribution in [0.5, 0.6) is 5.75 Å². The topological polar surface area (TPSA) is 49.9 Å². The molecule has 24 heavy (non-hydrogen) atoms. The maximum atomic E-state index is 5.28. The van der Waals surface area contributed by atoms with Crippen molar-refractivity contribution in [1.82, 2.24) is 15.3 Å². The van der Waals surface area contributed by atoms with E-state index in [0.717, 1.165) is 33.6 Å². The summed E-state index contributed by atoms with van der Waals surface area (Å²) in [7, 11) is 1.67. The zero-order chi connectivity index (χ0) is 17.1. The molecule has 126 valence electrons. The lowest BCUT2D eigenvalue weighted by molar-refractivity contribution is 0.395. The zero-order valence-electron chi connectivity index (χ0n) is 14.1. The Bertz CT molecular complexity index is 795. The Kier molecular flexibility index (Phi) is 5.21. The number of para-hydroxylation sites is 2. The van der Waals surface area contributed by atoms with Gasteiger partial charge in [-0.25, -0.2) is 4.98 Å². The number of methoxy groups -OCH3 is 1. The molecule has 2 aromatic carbocycles. The summed E-state index contributed by atoms with van der Waals surface area (Å²) in [5, 5.41) is 3.62. The Morgan fingerprint density at radius 2 is 2.00 bits per heavy atom. The van der Waals surface area contributed by atoms with Gasteiger partial charge in [-0.15, -0.1) is 0 Å². The van der Waals surface area contributed by atoms with Crippen molar-refractivity contribution in [3.05, 3.63) is 58.3 Å². The molecule has 1 aromatic heterocycles. The third kappa shape index (κ3) is 3.62. The highest BCUT2D eigenvalue weighted by Crippen LogP contribution is 2.27. The number of hydrogen-bond acceptors (Lipinski definition) is 3. The molecule has 4 nitrogen and oxygen atoms in total. The molecule has 0 fully saturated rings. The second-order valence-electron chi connectivity index (χ2n) is 6.21. The molecular weight excluding hydrogens is 366 g/mol. The highest BCUT2D eigenvalue weighted by Gasteiger charge is 2.19. The molecule has 0 bridgehead atoms. The lowest BCUT2D eigenvalue weighted by Crippen LogP contribution is -2.26. The standard InChI is InChI=1S/C19H22BrN3O/c1-12(2)18(19-22-15-6-4-5-7-16(15)23-19)21-11-13-8-9-17(24-3)14(20)10-13/h4-10,12,18,21H,11H2,1-3H3,(H,22,23)/t18-/m1/s1. The highest BCUT2D eigenvalue weighted by molar-refractivity contribution is 9.10. The van der Waals surface area contributed by atoms with Gasteiger partial charge in [-0.3, -0.25) is 0 Å². The molecule has 0 amide bonds. The minimum Gasteiger partial charge on any atom is -0.496 e. The van der Waals surface area contributed by atoms with Gasteiger partial charge in [0, 0.05) is 6.54 Å². The van der Waals surface area contributed by atoms with Crippen molar-refractivity contribution in [2.45, 2.75) is 26.4 Å². The van der Waals surface area contributed by atoms with E-state index in [1.54, 1.807) is 7.11 Å². The Balaban J connectivity index is 1.78. The van der Waals surface area contributed by atoms with Crippen LogP contribution in [0, 0.1) is 5.92 Å². The SMILES string of the molecule is COc1ccc(CN[C@@H](c2nc3ccccc3[nH]2)C(C)C)cc1Br. The van der Waals surface area contributed by atoms with Gasteiger partial charge < -0.3 is 15.0 Å². The number of aromatic amines is 1. The summed E-state index contributed by atoms with van der Waals surface area (Å²) < 4.78 is 6.25. The smallest absolute Gasteiger partial charge is 0.133 e. The van der Waals surface area contributed by atoms with Crippen LogP contribution in [0.25, 0.3) is 11.0 Å². The first-order valence-corrected chi connectivity index (χ1v) is 8.88. The first-order valence-electron chi connectivity index (χ1n) is 8.09. The lowest BCUT2D eigenvalue weighted by Gasteiger charge is -2.20. The summed E-state index contributed by atoms with van der Waals surface area (Å²) >= 11 is 3.54. The summed E-state index contributed by atoms with van der Waals surface area (Å²) in [5.41, 5.74) is 3.28. The number of nitrogens with zero attached hydrogens (tertiary/aromatic N) is 1. The number of halogens is 1. The Morgan fingerprint density at radius 3 is 2.67 bits per heavy atom. The fraction of sp³-hybridized carbons (Fsp3) is 0.316. The molecule has 0 aliphatic rings. The van der Waals surface area contributed by atoms with Gasteiger partial charge in [0.05, 0.1) is 28.7 Å². The van der Waals surface area contributed by atoms with Crippen molar-refractivity contribution in [2.24, 2.45) is 5.92 Å². The van der Waals surface area contributed by atoms with E-state index in [1.165, 1.54) is 5.56 Å². The predicted octanol–water partition coefficient (Wildman–Crippen LogP) is 4.82. The number of imidazole rings is 1. The summed E-state index contributed by atoms with van der Waals surface area (Å²) in [6.45, 7) is 5.17. The highest BCUT2D eigenvalue weighted by atomic mass is 79.9. The van der Waals surface area contributed by atoms with Crippen LogP contribution >= 0.6 is 15.9 Å². The molecule has 5 heteroatoms. The number of fused-ring (bicyclic) bond motifs is 1. The van der Waals surface area contributed by atoms with Crippen LogP contribution in [0.2, 0.25) is 0 Å². The Morgan fingerprint density at radius 1 is 1.21 bits per heavy atom. The molecule has 3 rings (SSSR count). The van der Waals surface area contributed by atoms with Crippen LogP contribution in [-0.4, -0.2) is 17.1 Å². The van der Waals surface area contributed by atoms with E-state index in [0.29, 0.717) is 5.92 Å². The third-order valence-corrected chi connectivity index (χ3v) is 4.73. The average Bonchev–Trinajstić information content (AvgIpc) is 2.98. The molecule has 0 spiro atoms. The van der Waals surface area contributed by atoms with Gasteiger partial charge in [-0.1, -0.05) is 32.0 Å². The van der Waals surface area contributed by atoms with Crippen molar-refractivity contribution in [3.8, 4) is 5.75 Å². The first kappa shape index (κ1) is 17.0. The molecule has 0 aliphatic heterocycles. The minimum atomic E-state index is 0.165. The summed E-state index contributed by atoms with van der Waals surface area (Å²) in [5.74, 6) is 2.25. The maximum Gasteiger partial charge on any atom is 0.133 e. The molecule has 2 N–H and O–H groups in total. The quantitative estimate of drug-likeness (QED) is 0.637. The van der Waals surface area contributed by atoms with Crippen molar-refractivity contribution in [3.63, 3.8) is 0 Å². The third-order valence-electron chi connectivity index (χ3n) is 4.11. The van der Waals surface area contributed by atoms with E-state index in [-0.39, 0.29) is 6.04 Å². The lowest BCUT2D eigenvalue weighted by atomic mass is 10.0.